The van der Waals surface area contributed by atoms with Crippen LogP contribution in [-0.2, 0) is 14.2 Å². The van der Waals surface area contributed by atoms with Gasteiger partial charge in [0.2, 0.25) is 0 Å². The Morgan fingerprint density at radius 2 is 1.19 bits per heavy atom. The first-order valence-corrected chi connectivity index (χ1v) is 6.69. The van der Waals surface area contributed by atoms with E-state index in [0.29, 0.717) is 0 Å². The zero-order valence-corrected chi connectivity index (χ0v) is 12.5. The normalized spacial score (nSPS) is 17.8. The zero-order valence-electron chi connectivity index (χ0n) is 12.5. The molecule has 0 saturated heterocycles. The smallest absolute Gasteiger partial charge is 0.103 e. The summed E-state index contributed by atoms with van der Waals surface area (Å²) in [6, 6.07) is 0. The minimum atomic E-state index is -1.11. The number of hydrogen-bond donors (Lipinski definition) is 4. The van der Waals surface area contributed by atoms with Crippen molar-refractivity contribution in [2.75, 3.05) is 27.4 Å². The molecule has 7 heteroatoms. The van der Waals surface area contributed by atoms with Gasteiger partial charge in [0.1, 0.15) is 12.2 Å². The lowest BCUT2D eigenvalue weighted by molar-refractivity contribution is -0.129. The van der Waals surface area contributed by atoms with Crippen LogP contribution in [0.15, 0.2) is 24.7 Å². The molecule has 0 aliphatic carbocycles. The SMILES string of the molecule is COC=CCC(OC(CC=COC)C(O)CO)C(O)CO. The van der Waals surface area contributed by atoms with Crippen LogP contribution in [0, 0.1) is 0 Å². The summed E-state index contributed by atoms with van der Waals surface area (Å²) in [4.78, 5) is 0. The molecule has 0 bridgehead atoms. The molecule has 21 heavy (non-hydrogen) atoms. The lowest BCUT2D eigenvalue weighted by Crippen LogP contribution is -2.40. The summed E-state index contributed by atoms with van der Waals surface area (Å²) in [6.45, 7) is -0.942. The highest BCUT2D eigenvalue weighted by Gasteiger charge is 2.26. The maximum Gasteiger partial charge on any atom is 0.103 e. The third-order valence-corrected chi connectivity index (χ3v) is 2.78. The van der Waals surface area contributed by atoms with Crippen LogP contribution >= 0.6 is 0 Å². The van der Waals surface area contributed by atoms with Crippen LogP contribution in [0.5, 0.6) is 0 Å². The van der Waals surface area contributed by atoms with E-state index in [1.807, 2.05) is 0 Å². The van der Waals surface area contributed by atoms with Crippen molar-refractivity contribution in [3.05, 3.63) is 24.7 Å². The van der Waals surface area contributed by atoms with Crippen molar-refractivity contribution < 1.29 is 34.6 Å². The standard InChI is InChI=1S/C14H26O7/c1-19-7-3-5-13(11(17)9-15)21-14(12(18)10-16)6-4-8-20-2/h3-4,7-8,11-18H,5-6,9-10H2,1-2H3. The van der Waals surface area contributed by atoms with Gasteiger partial charge >= 0.3 is 0 Å². The number of rotatable bonds is 12. The molecule has 0 fully saturated rings. The highest BCUT2D eigenvalue weighted by Crippen LogP contribution is 2.15. The maximum atomic E-state index is 9.76. The number of aliphatic hydroxyl groups excluding tert-OH is 4. The van der Waals surface area contributed by atoms with Gasteiger partial charge in [-0.15, -0.1) is 0 Å². The molecule has 0 spiro atoms. The van der Waals surface area contributed by atoms with E-state index in [1.54, 1.807) is 12.2 Å². The third-order valence-electron chi connectivity index (χ3n) is 2.78. The lowest BCUT2D eigenvalue weighted by Gasteiger charge is -2.28. The van der Waals surface area contributed by atoms with Crippen molar-refractivity contribution in [2.24, 2.45) is 0 Å². The average Bonchev–Trinajstić information content (AvgIpc) is 2.51. The van der Waals surface area contributed by atoms with Gasteiger partial charge in [0.05, 0.1) is 52.2 Å². The second kappa shape index (κ2) is 12.6. The van der Waals surface area contributed by atoms with Gasteiger partial charge in [0.15, 0.2) is 0 Å². The summed E-state index contributed by atoms with van der Waals surface area (Å²) in [7, 11) is 2.98. The highest BCUT2D eigenvalue weighted by atomic mass is 16.5. The van der Waals surface area contributed by atoms with Crippen LogP contribution in [0.25, 0.3) is 0 Å². The zero-order chi connectivity index (χ0) is 16.1. The van der Waals surface area contributed by atoms with Gasteiger partial charge in [-0.3, -0.25) is 0 Å². The van der Waals surface area contributed by atoms with Crippen molar-refractivity contribution in [1.82, 2.24) is 0 Å². The number of ether oxygens (including phenoxy) is 3. The Labute approximate surface area is 125 Å². The first-order valence-electron chi connectivity index (χ1n) is 6.69. The fraction of sp³-hybridized carbons (Fsp3) is 0.714. The van der Waals surface area contributed by atoms with Crippen molar-refractivity contribution in [3.8, 4) is 0 Å². The van der Waals surface area contributed by atoms with E-state index in [1.165, 1.54) is 26.7 Å². The minimum Gasteiger partial charge on any atom is -0.505 e. The van der Waals surface area contributed by atoms with Crippen LogP contribution in [0.2, 0.25) is 0 Å². The second-order valence-corrected chi connectivity index (χ2v) is 4.40. The molecule has 0 aromatic rings. The predicted molar refractivity (Wildman–Crippen MR) is 76.4 cm³/mol. The molecule has 0 aliphatic rings. The van der Waals surface area contributed by atoms with Crippen molar-refractivity contribution in [3.63, 3.8) is 0 Å². The summed E-state index contributed by atoms with van der Waals surface area (Å²) < 4.78 is 15.1. The lowest BCUT2D eigenvalue weighted by atomic mass is 10.1. The Kier molecular flexibility index (Phi) is 11.9. The molecule has 0 rings (SSSR count). The Balaban J connectivity index is 4.74. The fourth-order valence-electron chi connectivity index (χ4n) is 1.64. The van der Waals surface area contributed by atoms with Gasteiger partial charge in [0, 0.05) is 0 Å². The van der Waals surface area contributed by atoms with E-state index in [2.05, 4.69) is 0 Å². The third kappa shape index (κ3) is 8.69. The van der Waals surface area contributed by atoms with Crippen molar-refractivity contribution >= 4 is 0 Å². The van der Waals surface area contributed by atoms with Crippen LogP contribution < -0.4 is 0 Å². The van der Waals surface area contributed by atoms with Gasteiger partial charge in [0.25, 0.3) is 0 Å². The molecule has 0 radical (unpaired) electrons. The first kappa shape index (κ1) is 19.9. The van der Waals surface area contributed by atoms with Gasteiger partial charge in [-0.2, -0.15) is 0 Å². The topological polar surface area (TPSA) is 109 Å². The molecular formula is C14H26O7. The fourth-order valence-corrected chi connectivity index (χ4v) is 1.64. The Hall–Kier alpha value is -1.12. The second-order valence-electron chi connectivity index (χ2n) is 4.40. The summed E-state index contributed by atoms with van der Waals surface area (Å²) in [6.07, 6.45) is 3.04. The molecular weight excluding hydrogens is 280 g/mol. The molecule has 0 aliphatic heterocycles. The van der Waals surface area contributed by atoms with Crippen LogP contribution in [0.3, 0.4) is 0 Å². The molecule has 0 amide bonds. The molecule has 7 nitrogen and oxygen atoms in total. The van der Waals surface area contributed by atoms with Crippen LogP contribution in [-0.4, -0.2) is 72.3 Å². The van der Waals surface area contributed by atoms with E-state index in [0.717, 1.165) is 0 Å². The van der Waals surface area contributed by atoms with Gasteiger partial charge in [-0.1, -0.05) is 0 Å². The van der Waals surface area contributed by atoms with E-state index < -0.39 is 37.6 Å². The average molecular weight is 306 g/mol. The van der Waals surface area contributed by atoms with E-state index in [-0.39, 0.29) is 12.8 Å². The van der Waals surface area contributed by atoms with Gasteiger partial charge < -0.3 is 34.6 Å². The largest absolute Gasteiger partial charge is 0.505 e. The molecule has 124 valence electrons. The molecule has 0 aromatic carbocycles. The van der Waals surface area contributed by atoms with Crippen molar-refractivity contribution in [1.29, 1.82) is 0 Å². The minimum absolute atomic E-state index is 0.290. The van der Waals surface area contributed by atoms with Gasteiger partial charge in [-0.05, 0) is 25.0 Å². The van der Waals surface area contributed by atoms with Gasteiger partial charge in [-0.25, -0.2) is 0 Å². The summed E-state index contributed by atoms with van der Waals surface area (Å²) >= 11 is 0. The van der Waals surface area contributed by atoms with E-state index in [4.69, 9.17) is 24.4 Å². The van der Waals surface area contributed by atoms with Crippen molar-refractivity contribution in [2.45, 2.75) is 37.3 Å². The molecule has 4 unspecified atom stereocenters. The summed E-state index contributed by atoms with van der Waals surface area (Å²) in [5, 5.41) is 37.6. The predicted octanol–water partition coefficient (Wildman–Crippen LogP) is -0.453. The molecule has 4 N–H and O–H groups in total. The first-order chi connectivity index (χ1) is 10.1. The molecule has 0 heterocycles. The highest BCUT2D eigenvalue weighted by molar-refractivity contribution is 4.87. The Morgan fingerprint density at radius 1 is 0.810 bits per heavy atom. The number of hydrogen-bond acceptors (Lipinski definition) is 7. The monoisotopic (exact) mass is 306 g/mol. The summed E-state index contributed by atoms with van der Waals surface area (Å²) in [5.74, 6) is 0. The van der Waals surface area contributed by atoms with Crippen LogP contribution in [0.1, 0.15) is 12.8 Å². The quantitative estimate of drug-likeness (QED) is 0.362. The number of methoxy groups -OCH3 is 2. The van der Waals surface area contributed by atoms with Crippen LogP contribution in [0.4, 0.5) is 0 Å². The number of aliphatic hydroxyl groups is 4. The maximum absolute atomic E-state index is 9.76. The Morgan fingerprint density at radius 3 is 1.48 bits per heavy atom. The molecule has 0 saturated carbocycles. The molecule has 4 atom stereocenters. The van der Waals surface area contributed by atoms with E-state index in [9.17, 15) is 10.2 Å². The molecule has 0 aromatic heterocycles. The Bertz CT molecular complexity index is 265. The van der Waals surface area contributed by atoms with E-state index >= 15 is 0 Å². The summed E-state index contributed by atoms with van der Waals surface area (Å²) in [5.41, 5.74) is 0.